The lowest BCUT2D eigenvalue weighted by molar-refractivity contribution is -0.138. The van der Waals surface area contributed by atoms with E-state index in [1.165, 1.54) is 35.7 Å². The van der Waals surface area contributed by atoms with E-state index in [2.05, 4.69) is 30.5 Å². The summed E-state index contributed by atoms with van der Waals surface area (Å²) in [5, 5.41) is 10.2. The van der Waals surface area contributed by atoms with Crippen LogP contribution in [-0.2, 0) is 12.7 Å². The number of nitrogens with zero attached hydrogens (tertiary/aromatic N) is 6. The first kappa shape index (κ1) is 19.2. The number of carbonyl (C=O) groups excluding carboxylic acids is 1. The molecule has 0 aliphatic rings. The summed E-state index contributed by atoms with van der Waals surface area (Å²) in [6, 6.07) is 3.91. The number of anilines is 1. The number of hydrogen-bond donors (Lipinski definition) is 1. The van der Waals surface area contributed by atoms with Crippen molar-refractivity contribution in [2.24, 2.45) is 0 Å². The lowest BCUT2D eigenvalue weighted by atomic mass is 10.1. The van der Waals surface area contributed by atoms with Gasteiger partial charge in [-0.1, -0.05) is 5.16 Å². The largest absolute Gasteiger partial charge is 0.416 e. The van der Waals surface area contributed by atoms with Gasteiger partial charge in [0.2, 0.25) is 0 Å². The van der Waals surface area contributed by atoms with Gasteiger partial charge in [0.15, 0.2) is 11.5 Å². The zero-order valence-electron chi connectivity index (χ0n) is 15.0. The lowest BCUT2D eigenvalue weighted by Gasteiger charge is -2.11. The minimum absolute atomic E-state index is 0.00276. The lowest BCUT2D eigenvalue weighted by Crippen LogP contribution is -2.13. The maximum atomic E-state index is 13.1. The van der Waals surface area contributed by atoms with E-state index in [0.717, 1.165) is 18.5 Å². The van der Waals surface area contributed by atoms with Crippen LogP contribution >= 0.6 is 0 Å². The Labute approximate surface area is 166 Å². The van der Waals surface area contributed by atoms with Crippen molar-refractivity contribution in [3.63, 3.8) is 0 Å². The highest BCUT2D eigenvalue weighted by molar-refractivity contribution is 6.03. The van der Waals surface area contributed by atoms with Gasteiger partial charge >= 0.3 is 6.18 Å². The van der Waals surface area contributed by atoms with Gasteiger partial charge < -0.3 is 9.84 Å². The highest BCUT2D eigenvalue weighted by Crippen LogP contribution is 2.31. The van der Waals surface area contributed by atoms with E-state index in [1.807, 2.05) is 0 Å². The Kier molecular flexibility index (Phi) is 4.96. The highest BCUT2D eigenvalue weighted by atomic mass is 19.4. The summed E-state index contributed by atoms with van der Waals surface area (Å²) in [7, 11) is 0. The van der Waals surface area contributed by atoms with Crippen LogP contribution in [0.15, 0.2) is 60.0 Å². The topological polar surface area (TPSA) is 112 Å². The van der Waals surface area contributed by atoms with Crippen molar-refractivity contribution < 1.29 is 22.5 Å². The fraction of sp³-hybridized carbons (Fsp3) is 0.111. The molecule has 0 aliphatic heterocycles. The van der Waals surface area contributed by atoms with Gasteiger partial charge in [0.25, 0.3) is 5.91 Å². The molecule has 0 spiro atoms. The molecule has 30 heavy (non-hydrogen) atoms. The molecule has 0 atom stereocenters. The smallest absolute Gasteiger partial charge is 0.354 e. The Balaban J connectivity index is 1.46. The summed E-state index contributed by atoms with van der Waals surface area (Å²) in [6.45, 7) is -0.166. The molecule has 0 fully saturated rings. The minimum atomic E-state index is -4.50. The van der Waals surface area contributed by atoms with Crippen molar-refractivity contribution in [1.29, 1.82) is 0 Å². The molecule has 4 heterocycles. The van der Waals surface area contributed by atoms with Gasteiger partial charge in [-0.2, -0.15) is 18.3 Å². The highest BCUT2D eigenvalue weighted by Gasteiger charge is 2.33. The number of rotatable bonds is 5. The minimum Gasteiger partial charge on any atom is -0.354 e. The number of alkyl halides is 3. The average molecular weight is 415 g/mol. The molecule has 1 amide bonds. The zero-order chi connectivity index (χ0) is 21.1. The number of aromatic nitrogens is 6. The van der Waals surface area contributed by atoms with Crippen LogP contribution in [0.1, 0.15) is 21.6 Å². The molecule has 0 aliphatic carbocycles. The Bertz CT molecular complexity index is 1170. The number of halogens is 3. The SMILES string of the molecule is O=C(Nc1cnn(Cc2cnccc2C(F)(F)F)c1)c1cc(-c2ccncn2)on1. The van der Waals surface area contributed by atoms with Crippen molar-refractivity contribution >= 4 is 11.6 Å². The molecule has 4 aromatic heterocycles. The van der Waals surface area contributed by atoms with Crippen molar-refractivity contribution in [3.05, 3.63) is 72.3 Å². The van der Waals surface area contributed by atoms with Crippen LogP contribution in [0.2, 0.25) is 0 Å². The van der Waals surface area contributed by atoms with E-state index in [4.69, 9.17) is 4.52 Å². The second kappa shape index (κ2) is 7.73. The summed E-state index contributed by atoms with van der Waals surface area (Å²) in [5.74, 6) is -0.287. The molecule has 0 aromatic carbocycles. The number of carbonyl (C=O) groups is 1. The molecule has 0 radical (unpaired) electrons. The van der Waals surface area contributed by atoms with Crippen LogP contribution < -0.4 is 5.32 Å². The van der Waals surface area contributed by atoms with Crippen molar-refractivity contribution in [2.75, 3.05) is 5.32 Å². The Morgan fingerprint density at radius 3 is 2.77 bits per heavy atom. The predicted molar refractivity (Wildman–Crippen MR) is 96.1 cm³/mol. The van der Waals surface area contributed by atoms with Gasteiger partial charge in [0.05, 0.1) is 24.0 Å². The van der Waals surface area contributed by atoms with Crippen LogP contribution in [0.25, 0.3) is 11.5 Å². The standard InChI is InChI=1S/C18H12F3N7O2/c19-18(20,21)13-1-3-22-6-11(13)8-28-9-12(7-25-28)26-17(29)15-5-16(30-27-15)14-2-4-23-10-24-14/h1-7,9-10H,8H2,(H,26,29). The monoisotopic (exact) mass is 415 g/mol. The van der Waals surface area contributed by atoms with E-state index in [9.17, 15) is 18.0 Å². The zero-order valence-corrected chi connectivity index (χ0v) is 15.0. The first-order valence-corrected chi connectivity index (χ1v) is 8.47. The number of pyridine rings is 1. The summed E-state index contributed by atoms with van der Waals surface area (Å²) < 4.78 is 45.7. The molecule has 0 bridgehead atoms. The summed E-state index contributed by atoms with van der Waals surface area (Å²) in [5.41, 5.74) is -0.0938. The maximum absolute atomic E-state index is 13.1. The Morgan fingerprint density at radius 1 is 1.17 bits per heavy atom. The fourth-order valence-electron chi connectivity index (χ4n) is 2.65. The van der Waals surface area contributed by atoms with Crippen LogP contribution in [0.5, 0.6) is 0 Å². The van der Waals surface area contributed by atoms with Crippen LogP contribution in [0.3, 0.4) is 0 Å². The first-order valence-electron chi connectivity index (χ1n) is 8.47. The molecular weight excluding hydrogens is 403 g/mol. The number of amides is 1. The molecule has 12 heteroatoms. The van der Waals surface area contributed by atoms with E-state index in [-0.39, 0.29) is 29.2 Å². The summed E-state index contributed by atoms with van der Waals surface area (Å²) in [4.78, 5) is 23.9. The van der Waals surface area contributed by atoms with Crippen molar-refractivity contribution in [2.45, 2.75) is 12.7 Å². The fourth-order valence-corrected chi connectivity index (χ4v) is 2.65. The maximum Gasteiger partial charge on any atom is 0.416 e. The molecule has 0 saturated heterocycles. The molecule has 0 unspecified atom stereocenters. The average Bonchev–Trinajstić information content (AvgIpc) is 3.38. The predicted octanol–water partition coefficient (Wildman–Crippen LogP) is 3.04. The second-order valence-electron chi connectivity index (χ2n) is 6.08. The molecule has 1 N–H and O–H groups in total. The van der Waals surface area contributed by atoms with E-state index in [0.29, 0.717) is 5.69 Å². The third kappa shape index (κ3) is 4.16. The first-order chi connectivity index (χ1) is 14.4. The normalized spacial score (nSPS) is 11.4. The summed E-state index contributed by atoms with van der Waals surface area (Å²) in [6.07, 6.45) is 3.27. The van der Waals surface area contributed by atoms with Crippen molar-refractivity contribution in [3.8, 4) is 11.5 Å². The van der Waals surface area contributed by atoms with Crippen LogP contribution in [-0.4, -0.2) is 35.8 Å². The van der Waals surface area contributed by atoms with Crippen LogP contribution in [0, 0.1) is 0 Å². The molecule has 4 rings (SSSR count). The number of nitrogens with one attached hydrogen (secondary N) is 1. The van der Waals surface area contributed by atoms with Gasteiger partial charge in [0, 0.05) is 36.4 Å². The number of hydrogen-bond acceptors (Lipinski definition) is 7. The molecular formula is C18H12F3N7O2. The third-order valence-electron chi connectivity index (χ3n) is 4.01. The van der Waals surface area contributed by atoms with E-state index >= 15 is 0 Å². The van der Waals surface area contributed by atoms with Gasteiger partial charge in [-0.25, -0.2) is 9.97 Å². The van der Waals surface area contributed by atoms with Gasteiger partial charge in [-0.3, -0.25) is 14.5 Å². The molecule has 152 valence electrons. The second-order valence-corrected chi connectivity index (χ2v) is 6.08. The molecule has 0 saturated carbocycles. The van der Waals surface area contributed by atoms with E-state index < -0.39 is 17.6 Å². The van der Waals surface area contributed by atoms with E-state index in [1.54, 1.807) is 6.07 Å². The van der Waals surface area contributed by atoms with Gasteiger partial charge in [-0.15, -0.1) is 0 Å². The quantitative estimate of drug-likeness (QED) is 0.533. The van der Waals surface area contributed by atoms with Gasteiger partial charge in [0.1, 0.15) is 12.0 Å². The van der Waals surface area contributed by atoms with Crippen LogP contribution in [0.4, 0.5) is 18.9 Å². The summed E-state index contributed by atoms with van der Waals surface area (Å²) >= 11 is 0. The Hall–Kier alpha value is -4.09. The Morgan fingerprint density at radius 2 is 2.00 bits per heavy atom. The molecule has 4 aromatic rings. The van der Waals surface area contributed by atoms with Gasteiger partial charge in [-0.05, 0) is 12.1 Å². The van der Waals surface area contributed by atoms with Crippen molar-refractivity contribution in [1.82, 2.24) is 29.9 Å². The third-order valence-corrected chi connectivity index (χ3v) is 4.01. The molecule has 9 nitrogen and oxygen atoms in total.